The molecular formula is C16H25NO2. The minimum Gasteiger partial charge on any atom is -0.497 e. The van der Waals surface area contributed by atoms with E-state index in [1.807, 2.05) is 18.2 Å². The first-order valence-corrected chi connectivity index (χ1v) is 7.29. The summed E-state index contributed by atoms with van der Waals surface area (Å²) in [5.41, 5.74) is 6.96. The van der Waals surface area contributed by atoms with Crippen molar-refractivity contribution in [1.82, 2.24) is 0 Å². The van der Waals surface area contributed by atoms with Crippen molar-refractivity contribution in [2.45, 2.75) is 38.2 Å². The second-order valence-electron chi connectivity index (χ2n) is 5.34. The molecule has 0 saturated heterocycles. The smallest absolute Gasteiger partial charge is 0.119 e. The number of rotatable bonds is 6. The van der Waals surface area contributed by atoms with Crippen LogP contribution in [0.25, 0.3) is 0 Å². The number of hydrogen-bond acceptors (Lipinski definition) is 3. The molecule has 1 aromatic rings. The van der Waals surface area contributed by atoms with Crippen molar-refractivity contribution in [2.24, 2.45) is 11.7 Å². The summed E-state index contributed by atoms with van der Waals surface area (Å²) in [6.45, 7) is 1.35. The predicted molar refractivity (Wildman–Crippen MR) is 77.3 cm³/mol. The molecule has 0 spiro atoms. The van der Waals surface area contributed by atoms with Crippen molar-refractivity contribution in [3.8, 4) is 5.75 Å². The van der Waals surface area contributed by atoms with Crippen molar-refractivity contribution >= 4 is 0 Å². The van der Waals surface area contributed by atoms with Gasteiger partial charge in [-0.2, -0.15) is 0 Å². The largest absolute Gasteiger partial charge is 0.497 e. The molecule has 0 aliphatic heterocycles. The monoisotopic (exact) mass is 263 g/mol. The minimum atomic E-state index is -0.0166. The summed E-state index contributed by atoms with van der Waals surface area (Å²) in [6.07, 6.45) is 6.66. The number of methoxy groups -OCH3 is 1. The quantitative estimate of drug-likeness (QED) is 0.856. The maximum atomic E-state index is 6.04. The molecule has 3 heteroatoms. The van der Waals surface area contributed by atoms with E-state index in [0.29, 0.717) is 12.5 Å². The van der Waals surface area contributed by atoms with Gasteiger partial charge in [-0.15, -0.1) is 0 Å². The first-order valence-electron chi connectivity index (χ1n) is 7.29. The Labute approximate surface area is 116 Å². The Morgan fingerprint density at radius 2 is 2.05 bits per heavy atom. The average Bonchev–Trinajstić information content (AvgIpc) is 2.49. The molecule has 1 aliphatic carbocycles. The first-order chi connectivity index (χ1) is 9.33. The average molecular weight is 263 g/mol. The summed E-state index contributed by atoms with van der Waals surface area (Å²) in [7, 11) is 1.68. The van der Waals surface area contributed by atoms with Crippen LogP contribution < -0.4 is 10.5 Å². The Morgan fingerprint density at radius 3 is 2.74 bits per heavy atom. The van der Waals surface area contributed by atoms with Gasteiger partial charge in [-0.1, -0.05) is 31.4 Å². The Morgan fingerprint density at radius 1 is 1.26 bits per heavy atom. The zero-order chi connectivity index (χ0) is 13.5. The second kappa shape index (κ2) is 7.51. The topological polar surface area (TPSA) is 44.5 Å². The van der Waals surface area contributed by atoms with E-state index in [4.69, 9.17) is 15.2 Å². The molecule has 1 saturated carbocycles. The SMILES string of the molecule is COc1cccc(C(CN)OCC2CCCCC2)c1. The van der Waals surface area contributed by atoms with Gasteiger partial charge < -0.3 is 15.2 Å². The van der Waals surface area contributed by atoms with Gasteiger partial charge in [0.2, 0.25) is 0 Å². The van der Waals surface area contributed by atoms with Gasteiger partial charge in [-0.05, 0) is 36.5 Å². The number of hydrogen-bond donors (Lipinski definition) is 1. The van der Waals surface area contributed by atoms with Crippen LogP contribution in [0, 0.1) is 5.92 Å². The molecule has 0 amide bonds. The van der Waals surface area contributed by atoms with Gasteiger partial charge in [0.15, 0.2) is 0 Å². The van der Waals surface area contributed by atoms with Gasteiger partial charge in [0.25, 0.3) is 0 Å². The maximum Gasteiger partial charge on any atom is 0.119 e. The highest BCUT2D eigenvalue weighted by atomic mass is 16.5. The highest BCUT2D eigenvalue weighted by molar-refractivity contribution is 5.30. The van der Waals surface area contributed by atoms with Crippen LogP contribution in [0.1, 0.15) is 43.8 Å². The molecule has 1 fully saturated rings. The van der Waals surface area contributed by atoms with Crippen molar-refractivity contribution < 1.29 is 9.47 Å². The van der Waals surface area contributed by atoms with Gasteiger partial charge in [-0.3, -0.25) is 0 Å². The van der Waals surface area contributed by atoms with E-state index in [2.05, 4.69) is 6.07 Å². The van der Waals surface area contributed by atoms with E-state index < -0.39 is 0 Å². The third kappa shape index (κ3) is 4.22. The van der Waals surface area contributed by atoms with E-state index in [9.17, 15) is 0 Å². The molecule has 2 N–H and O–H groups in total. The molecule has 0 heterocycles. The third-order valence-corrected chi connectivity index (χ3v) is 3.94. The number of nitrogens with two attached hydrogens (primary N) is 1. The lowest BCUT2D eigenvalue weighted by atomic mass is 9.90. The van der Waals surface area contributed by atoms with Crippen molar-refractivity contribution in [3.63, 3.8) is 0 Å². The number of ether oxygens (including phenoxy) is 2. The van der Waals surface area contributed by atoms with Crippen molar-refractivity contribution in [2.75, 3.05) is 20.3 Å². The fraction of sp³-hybridized carbons (Fsp3) is 0.625. The van der Waals surface area contributed by atoms with Crippen molar-refractivity contribution in [1.29, 1.82) is 0 Å². The molecule has 2 rings (SSSR count). The van der Waals surface area contributed by atoms with Crippen LogP contribution in [0.3, 0.4) is 0 Å². The van der Waals surface area contributed by atoms with E-state index in [-0.39, 0.29) is 6.10 Å². The Bertz CT molecular complexity index is 375. The van der Waals surface area contributed by atoms with Crippen LogP contribution in [-0.4, -0.2) is 20.3 Å². The van der Waals surface area contributed by atoms with Crippen LogP contribution in [0.2, 0.25) is 0 Å². The van der Waals surface area contributed by atoms with E-state index in [1.54, 1.807) is 7.11 Å². The lowest BCUT2D eigenvalue weighted by molar-refractivity contribution is 0.0245. The van der Waals surface area contributed by atoms with Crippen LogP contribution in [0.5, 0.6) is 5.75 Å². The van der Waals surface area contributed by atoms with Gasteiger partial charge in [-0.25, -0.2) is 0 Å². The van der Waals surface area contributed by atoms with Gasteiger partial charge in [0, 0.05) is 6.54 Å². The summed E-state index contributed by atoms with van der Waals surface area (Å²) < 4.78 is 11.3. The summed E-state index contributed by atoms with van der Waals surface area (Å²) in [5, 5.41) is 0. The minimum absolute atomic E-state index is 0.0166. The van der Waals surface area contributed by atoms with E-state index >= 15 is 0 Å². The molecule has 3 nitrogen and oxygen atoms in total. The molecule has 0 bridgehead atoms. The van der Waals surface area contributed by atoms with E-state index in [1.165, 1.54) is 32.1 Å². The van der Waals surface area contributed by atoms with Crippen LogP contribution >= 0.6 is 0 Å². The molecule has 1 aromatic carbocycles. The number of benzene rings is 1. The van der Waals surface area contributed by atoms with E-state index in [0.717, 1.165) is 17.9 Å². The lowest BCUT2D eigenvalue weighted by Gasteiger charge is -2.24. The predicted octanol–water partition coefficient (Wildman–Crippen LogP) is 3.29. The Kier molecular flexibility index (Phi) is 5.67. The Balaban J connectivity index is 1.91. The standard InChI is InChI=1S/C16H25NO2/c1-18-15-9-5-8-14(10-15)16(11-17)19-12-13-6-3-2-4-7-13/h5,8-10,13,16H,2-4,6-7,11-12,17H2,1H3. The summed E-state index contributed by atoms with van der Waals surface area (Å²) in [5.74, 6) is 1.57. The second-order valence-corrected chi connectivity index (χ2v) is 5.34. The lowest BCUT2D eigenvalue weighted by Crippen LogP contribution is -2.21. The molecule has 1 aliphatic rings. The maximum absolute atomic E-state index is 6.04. The molecular weight excluding hydrogens is 238 g/mol. The third-order valence-electron chi connectivity index (χ3n) is 3.94. The Hall–Kier alpha value is -1.06. The first kappa shape index (κ1) is 14.4. The summed E-state index contributed by atoms with van der Waals surface area (Å²) in [6, 6.07) is 8.00. The fourth-order valence-corrected chi connectivity index (χ4v) is 2.75. The fourth-order valence-electron chi connectivity index (χ4n) is 2.75. The highest BCUT2D eigenvalue weighted by Gasteiger charge is 2.17. The summed E-state index contributed by atoms with van der Waals surface area (Å²) in [4.78, 5) is 0. The van der Waals surface area contributed by atoms with Crippen molar-refractivity contribution in [3.05, 3.63) is 29.8 Å². The molecule has 1 atom stereocenters. The van der Waals surface area contributed by atoms with Crippen LogP contribution in [-0.2, 0) is 4.74 Å². The zero-order valence-corrected chi connectivity index (χ0v) is 11.8. The molecule has 1 unspecified atom stereocenters. The normalized spacial score (nSPS) is 18.2. The zero-order valence-electron chi connectivity index (χ0n) is 11.8. The highest BCUT2D eigenvalue weighted by Crippen LogP contribution is 2.27. The van der Waals surface area contributed by atoms with Crippen LogP contribution in [0.4, 0.5) is 0 Å². The van der Waals surface area contributed by atoms with Gasteiger partial charge in [0.05, 0.1) is 19.8 Å². The van der Waals surface area contributed by atoms with Gasteiger partial charge in [0.1, 0.15) is 5.75 Å². The molecule has 19 heavy (non-hydrogen) atoms. The van der Waals surface area contributed by atoms with Gasteiger partial charge >= 0.3 is 0 Å². The summed E-state index contributed by atoms with van der Waals surface area (Å²) >= 11 is 0. The molecule has 106 valence electrons. The molecule has 0 aromatic heterocycles. The molecule has 0 radical (unpaired) electrons. The van der Waals surface area contributed by atoms with Crippen LogP contribution in [0.15, 0.2) is 24.3 Å².